The van der Waals surface area contributed by atoms with Gasteiger partial charge >= 0.3 is 0 Å². The third-order valence-electron chi connectivity index (χ3n) is 15.0. The zero-order valence-electron chi connectivity index (χ0n) is 33.3. The Bertz CT molecular complexity index is 2880. The number of unbranched alkanes of at least 4 members (excludes halogenated alkanes) is 1. The summed E-state index contributed by atoms with van der Waals surface area (Å²) < 4.78 is 14.2. The molecule has 0 amide bonds. The molecular weight excluding hydrogens is 713 g/mol. The number of phenolic OH excluding ortho intramolecular Hbond substituents is 2. The van der Waals surface area contributed by atoms with Crippen molar-refractivity contribution in [1.29, 1.82) is 0 Å². The standard InChI is InChI=1S/C54H44O4/c1-5-6-15-33-30(2)31(3)50-51(32(33)4)58-48-26-43-45(27-49(48)57-50)54(40-22-13-9-18-36(40)37-19-10-14-23-41(37)54)29-52(43)28-53(44-25-47(56)46(55)24-42(44)52)38-20-11-7-16-34(38)35-17-8-12-21-39(35)53/h7-14,16-27,55-56H,5-6,15,28-29H2,1-4H3. The number of ether oxygens (including phenoxy) is 2. The van der Waals surface area contributed by atoms with Gasteiger partial charge in [-0.2, -0.15) is 0 Å². The van der Waals surface area contributed by atoms with Gasteiger partial charge < -0.3 is 19.7 Å². The fraction of sp³-hybridized carbons (Fsp3) is 0.222. The predicted octanol–water partition coefficient (Wildman–Crippen LogP) is 13.0. The van der Waals surface area contributed by atoms with Crippen molar-refractivity contribution >= 4 is 0 Å². The van der Waals surface area contributed by atoms with Gasteiger partial charge in [-0.25, -0.2) is 0 Å². The minimum atomic E-state index is -0.603. The highest BCUT2D eigenvalue weighted by molar-refractivity contribution is 5.89. The number of hydrogen-bond donors (Lipinski definition) is 2. The lowest BCUT2D eigenvalue weighted by Gasteiger charge is -2.35. The van der Waals surface area contributed by atoms with E-state index in [1.807, 2.05) is 12.1 Å². The van der Waals surface area contributed by atoms with Gasteiger partial charge in [0, 0.05) is 16.2 Å². The van der Waals surface area contributed by atoms with E-state index in [2.05, 4.69) is 137 Å². The van der Waals surface area contributed by atoms with Crippen molar-refractivity contribution in [2.24, 2.45) is 0 Å². The number of aromatic hydroxyl groups is 2. The average Bonchev–Trinajstić information content (AvgIpc) is 3.90. The minimum Gasteiger partial charge on any atom is -0.504 e. The summed E-state index contributed by atoms with van der Waals surface area (Å²) in [6, 6.07) is 43.7. The van der Waals surface area contributed by atoms with E-state index in [0.717, 1.165) is 71.6 Å². The van der Waals surface area contributed by atoms with Crippen LogP contribution in [0.2, 0.25) is 0 Å². The van der Waals surface area contributed by atoms with Gasteiger partial charge in [-0.15, -0.1) is 0 Å². The van der Waals surface area contributed by atoms with E-state index in [1.165, 1.54) is 66.8 Å². The van der Waals surface area contributed by atoms with Gasteiger partial charge in [0.25, 0.3) is 0 Å². The summed E-state index contributed by atoms with van der Waals surface area (Å²) in [7, 11) is 0. The molecule has 1 unspecified atom stereocenters. The van der Waals surface area contributed by atoms with E-state index in [9.17, 15) is 10.2 Å². The molecule has 1 aliphatic heterocycles. The van der Waals surface area contributed by atoms with E-state index in [1.54, 1.807) is 0 Å². The molecule has 0 fully saturated rings. The largest absolute Gasteiger partial charge is 0.504 e. The Kier molecular flexibility index (Phi) is 6.68. The van der Waals surface area contributed by atoms with Crippen LogP contribution < -0.4 is 9.47 Å². The monoisotopic (exact) mass is 756 g/mol. The summed E-state index contributed by atoms with van der Waals surface area (Å²) >= 11 is 0. The Morgan fingerprint density at radius 3 is 1.36 bits per heavy atom. The molecule has 7 aromatic rings. The molecule has 3 spiro atoms. The third-order valence-corrected chi connectivity index (χ3v) is 15.0. The average molecular weight is 757 g/mol. The Hall–Kier alpha value is -6.26. The van der Waals surface area contributed by atoms with Crippen LogP contribution in [0.15, 0.2) is 121 Å². The van der Waals surface area contributed by atoms with Crippen LogP contribution in [0, 0.1) is 20.8 Å². The molecule has 12 rings (SSSR count). The Labute approximate surface area is 339 Å². The molecule has 2 N–H and O–H groups in total. The maximum atomic E-state index is 11.5. The Balaban J connectivity index is 1.18. The third kappa shape index (κ3) is 3.91. The predicted molar refractivity (Wildman–Crippen MR) is 229 cm³/mol. The van der Waals surface area contributed by atoms with Crippen LogP contribution in [-0.2, 0) is 22.7 Å². The molecule has 0 saturated carbocycles. The Morgan fingerprint density at radius 1 is 0.483 bits per heavy atom. The molecule has 0 aromatic heterocycles. The molecular formula is C54H44O4. The number of benzene rings is 7. The first-order valence-electron chi connectivity index (χ1n) is 20.9. The molecule has 5 aliphatic rings. The molecule has 1 heterocycles. The number of phenols is 2. The smallest absolute Gasteiger partial charge is 0.173 e. The van der Waals surface area contributed by atoms with Crippen molar-refractivity contribution in [2.45, 2.75) is 76.0 Å². The van der Waals surface area contributed by atoms with Crippen molar-refractivity contribution in [3.8, 4) is 56.8 Å². The van der Waals surface area contributed by atoms with Crippen LogP contribution >= 0.6 is 0 Å². The van der Waals surface area contributed by atoms with Gasteiger partial charge in [0.05, 0.1) is 0 Å². The minimum absolute atomic E-state index is 0.0969. The van der Waals surface area contributed by atoms with Crippen LogP contribution in [0.1, 0.15) is 99.4 Å². The van der Waals surface area contributed by atoms with E-state index >= 15 is 0 Å². The van der Waals surface area contributed by atoms with E-state index < -0.39 is 16.2 Å². The number of hydrogen-bond acceptors (Lipinski definition) is 4. The zero-order valence-corrected chi connectivity index (χ0v) is 33.3. The second-order valence-electron chi connectivity index (χ2n) is 17.5. The first kappa shape index (κ1) is 33.8. The van der Waals surface area contributed by atoms with Crippen LogP contribution in [-0.4, -0.2) is 10.2 Å². The summed E-state index contributed by atoms with van der Waals surface area (Å²) in [6.45, 7) is 8.81. The topological polar surface area (TPSA) is 58.9 Å². The Morgan fingerprint density at radius 2 is 0.879 bits per heavy atom. The summed E-state index contributed by atoms with van der Waals surface area (Å²) in [5, 5.41) is 23.0. The van der Waals surface area contributed by atoms with Crippen LogP contribution in [0.4, 0.5) is 0 Å². The number of fused-ring (bicyclic) bond motifs is 18. The van der Waals surface area contributed by atoms with Crippen molar-refractivity contribution in [2.75, 3.05) is 0 Å². The molecule has 4 heteroatoms. The van der Waals surface area contributed by atoms with Crippen LogP contribution in [0.25, 0.3) is 22.3 Å². The molecule has 0 saturated heterocycles. The van der Waals surface area contributed by atoms with Gasteiger partial charge in [-0.3, -0.25) is 0 Å². The van der Waals surface area contributed by atoms with Crippen molar-refractivity contribution in [3.05, 3.63) is 188 Å². The van der Waals surface area contributed by atoms with E-state index in [4.69, 9.17) is 9.47 Å². The molecule has 4 aliphatic carbocycles. The van der Waals surface area contributed by atoms with Gasteiger partial charge in [-0.05, 0) is 160 Å². The normalized spacial score (nSPS) is 18.5. The summed E-state index contributed by atoms with van der Waals surface area (Å²) in [5.41, 5.74) is 17.7. The second kappa shape index (κ2) is 11.4. The lowest BCUT2D eigenvalue weighted by Crippen LogP contribution is -2.32. The first-order chi connectivity index (χ1) is 28.2. The lowest BCUT2D eigenvalue weighted by molar-refractivity contribution is 0.353. The quantitative estimate of drug-likeness (QED) is 0.176. The van der Waals surface area contributed by atoms with Gasteiger partial charge in [0.2, 0.25) is 0 Å². The van der Waals surface area contributed by atoms with Crippen LogP contribution in [0.3, 0.4) is 0 Å². The second-order valence-corrected chi connectivity index (χ2v) is 17.5. The molecule has 58 heavy (non-hydrogen) atoms. The highest BCUT2D eigenvalue weighted by Gasteiger charge is 2.66. The SMILES string of the molecule is CCCCc1c(C)c(C)c2c(c1C)Oc1cc3c(cc1O2)C1(CC32CC3(c4ccccc4-c4ccccc43)c3cc(O)c(O)cc32)c2ccccc2-c2ccccc21. The molecule has 284 valence electrons. The van der Waals surface area contributed by atoms with Crippen LogP contribution in [0.5, 0.6) is 34.5 Å². The fourth-order valence-corrected chi connectivity index (χ4v) is 12.4. The van der Waals surface area contributed by atoms with E-state index in [0.29, 0.717) is 5.75 Å². The van der Waals surface area contributed by atoms with Crippen molar-refractivity contribution in [1.82, 2.24) is 0 Å². The highest BCUT2D eigenvalue weighted by Crippen LogP contribution is 2.74. The molecule has 0 radical (unpaired) electrons. The summed E-state index contributed by atoms with van der Waals surface area (Å²) in [5.74, 6) is 2.86. The molecule has 0 bridgehead atoms. The molecule has 7 aromatic carbocycles. The first-order valence-corrected chi connectivity index (χ1v) is 20.9. The maximum absolute atomic E-state index is 11.5. The van der Waals surface area contributed by atoms with Gasteiger partial charge in [0.15, 0.2) is 34.5 Å². The van der Waals surface area contributed by atoms with E-state index in [-0.39, 0.29) is 11.5 Å². The molecule has 1 atom stereocenters. The van der Waals surface area contributed by atoms with Gasteiger partial charge in [-0.1, -0.05) is 110 Å². The summed E-state index contributed by atoms with van der Waals surface area (Å²) in [4.78, 5) is 0. The zero-order chi connectivity index (χ0) is 39.3. The molecule has 4 nitrogen and oxygen atoms in total. The number of rotatable bonds is 3. The van der Waals surface area contributed by atoms with Crippen molar-refractivity contribution < 1.29 is 19.7 Å². The van der Waals surface area contributed by atoms with Gasteiger partial charge in [0.1, 0.15) is 0 Å². The fourth-order valence-electron chi connectivity index (χ4n) is 12.4. The lowest BCUT2D eigenvalue weighted by atomic mass is 9.66. The maximum Gasteiger partial charge on any atom is 0.173 e. The van der Waals surface area contributed by atoms with Crippen molar-refractivity contribution in [3.63, 3.8) is 0 Å². The highest BCUT2D eigenvalue weighted by atomic mass is 16.6. The summed E-state index contributed by atoms with van der Waals surface area (Å²) in [6.07, 6.45) is 4.71.